The molecule has 3 amide bonds. The van der Waals surface area contributed by atoms with Crippen LogP contribution in [0.4, 0.5) is 11.4 Å². The highest BCUT2D eigenvalue weighted by Gasteiger charge is 2.69. The van der Waals surface area contributed by atoms with E-state index in [0.717, 1.165) is 27.5 Å². The Hall–Kier alpha value is -3.86. The summed E-state index contributed by atoms with van der Waals surface area (Å²) in [5.41, 5.74) is 3.31. The number of hydrogen-bond acceptors (Lipinski definition) is 7. The number of hydrogen-bond donors (Lipinski definition) is 1. The van der Waals surface area contributed by atoms with Crippen molar-refractivity contribution < 1.29 is 19.1 Å². The molecule has 2 aliphatic carbocycles. The van der Waals surface area contributed by atoms with Crippen molar-refractivity contribution in [3.05, 3.63) is 103 Å². The van der Waals surface area contributed by atoms with E-state index in [9.17, 15) is 19.2 Å². The normalized spacial score (nSPS) is 27.4. The van der Waals surface area contributed by atoms with Crippen LogP contribution in [0.5, 0.6) is 5.75 Å². The summed E-state index contributed by atoms with van der Waals surface area (Å²) in [7, 11) is 1.58. The second-order valence-electron chi connectivity index (χ2n) is 12.6. The molecule has 1 saturated heterocycles. The molecule has 0 radical (unpaired) electrons. The lowest BCUT2D eigenvalue weighted by Crippen LogP contribution is -2.43. The summed E-state index contributed by atoms with van der Waals surface area (Å²) < 4.78 is 6.78. The van der Waals surface area contributed by atoms with Crippen LogP contribution in [-0.4, -0.2) is 34.6 Å². The number of aryl methyl sites for hydroxylation is 1. The van der Waals surface area contributed by atoms with Crippen LogP contribution in [0.15, 0.2) is 82.6 Å². The van der Waals surface area contributed by atoms with Gasteiger partial charge < -0.3 is 10.1 Å². The number of carbonyl (C=O) groups is 3. The predicted molar refractivity (Wildman–Crippen MR) is 179 cm³/mol. The molecule has 234 valence electrons. The van der Waals surface area contributed by atoms with Gasteiger partial charge in [0.2, 0.25) is 17.7 Å². The Balaban J connectivity index is 1.16. The van der Waals surface area contributed by atoms with Crippen molar-refractivity contribution in [1.82, 2.24) is 4.57 Å². The number of carbonyl (C=O) groups excluding carboxylic acids is 3. The maximum Gasteiger partial charge on any atom is 0.308 e. The van der Waals surface area contributed by atoms with Crippen molar-refractivity contribution in [1.29, 1.82) is 0 Å². The molecule has 2 aliphatic heterocycles. The lowest BCUT2D eigenvalue weighted by Gasteiger charge is -2.43. The van der Waals surface area contributed by atoms with E-state index < -0.39 is 5.92 Å². The predicted octanol–water partition coefficient (Wildman–Crippen LogP) is 6.20. The lowest BCUT2D eigenvalue weighted by atomic mass is 9.68. The zero-order valence-electron chi connectivity index (χ0n) is 25.0. The Morgan fingerprint density at radius 2 is 1.61 bits per heavy atom. The van der Waals surface area contributed by atoms with Gasteiger partial charge in [-0.1, -0.05) is 52.8 Å². The van der Waals surface area contributed by atoms with Gasteiger partial charge >= 0.3 is 4.87 Å². The first-order valence-corrected chi connectivity index (χ1v) is 17.3. The third-order valence-electron chi connectivity index (χ3n) is 10.1. The molecule has 3 fully saturated rings. The fourth-order valence-electron chi connectivity index (χ4n) is 8.26. The number of nitrogens with zero attached hydrogens (tertiary/aromatic N) is 2. The van der Waals surface area contributed by atoms with Crippen LogP contribution in [0.25, 0.3) is 0 Å². The van der Waals surface area contributed by atoms with Crippen molar-refractivity contribution >= 4 is 63.8 Å². The van der Waals surface area contributed by atoms with Gasteiger partial charge in [-0.2, -0.15) is 0 Å². The molecule has 8 nitrogen and oxygen atoms in total. The molecule has 3 aromatic carbocycles. The Morgan fingerprint density at radius 1 is 0.935 bits per heavy atom. The number of thioether (sulfide) groups is 1. The Morgan fingerprint density at radius 3 is 2.28 bits per heavy atom. The number of ether oxygens (including phenoxy) is 1. The molecule has 7 atom stereocenters. The van der Waals surface area contributed by atoms with E-state index in [1.165, 1.54) is 16.2 Å². The molecule has 2 saturated carbocycles. The highest BCUT2D eigenvalue weighted by Crippen LogP contribution is 2.69. The standard InChI is InChI=1S/C35H30ClN3O5S2/c1-17-3-11-21(12-4-17)39-32(41)28-23-15-24(29(28)33(39)42)30-27(23)26(18-5-7-19(36)8-6-18)31-34(45-30)38(35(43)46-31)16-25(40)37-20-9-13-22(44-2)14-10-20/h3-14,23-24,26-30H,15-16H2,1-2H3,(H,37,40). The molecule has 4 aliphatic rings. The van der Waals surface area contributed by atoms with Crippen molar-refractivity contribution in [2.75, 3.05) is 17.3 Å². The molecule has 1 aromatic heterocycles. The highest BCUT2D eigenvalue weighted by molar-refractivity contribution is 8.00. The summed E-state index contributed by atoms with van der Waals surface area (Å²) in [6.45, 7) is 1.85. The zero-order chi connectivity index (χ0) is 31.9. The number of rotatable bonds is 6. The monoisotopic (exact) mass is 671 g/mol. The van der Waals surface area contributed by atoms with Gasteiger partial charge in [-0.15, -0.1) is 11.8 Å². The average molecular weight is 672 g/mol. The minimum absolute atomic E-state index is 0.00255. The van der Waals surface area contributed by atoms with Crippen molar-refractivity contribution in [3.63, 3.8) is 0 Å². The SMILES string of the molecule is COc1ccc(NC(=O)Cn2c3c(sc2=O)C(c2ccc(Cl)cc2)C2C4CC(C2S3)C2C(=O)N(c3ccc(C)cc3)C(=O)C42)cc1. The molecule has 0 spiro atoms. The highest BCUT2D eigenvalue weighted by atomic mass is 35.5. The van der Waals surface area contributed by atoms with Crippen LogP contribution < -0.4 is 19.8 Å². The summed E-state index contributed by atoms with van der Waals surface area (Å²) in [4.78, 5) is 56.9. The van der Waals surface area contributed by atoms with Crippen LogP contribution in [0.3, 0.4) is 0 Å². The fraction of sp³-hybridized carbons (Fsp3) is 0.314. The maximum absolute atomic E-state index is 14.0. The van der Waals surface area contributed by atoms with Crippen LogP contribution >= 0.6 is 34.7 Å². The molecule has 1 N–H and O–H groups in total. The number of halogens is 1. The van der Waals surface area contributed by atoms with E-state index in [1.807, 2.05) is 55.5 Å². The zero-order valence-corrected chi connectivity index (χ0v) is 27.4. The van der Waals surface area contributed by atoms with Crippen LogP contribution in [-0.2, 0) is 20.9 Å². The summed E-state index contributed by atoms with van der Waals surface area (Å²) in [5.74, 6) is -0.766. The van der Waals surface area contributed by atoms with E-state index in [4.69, 9.17) is 16.3 Å². The number of aromatic nitrogens is 1. The molecule has 8 rings (SSSR count). The molecular weight excluding hydrogens is 642 g/mol. The van der Waals surface area contributed by atoms with Gasteiger partial charge in [0.25, 0.3) is 0 Å². The largest absolute Gasteiger partial charge is 0.497 e. The number of thiazole rings is 1. The molecular formula is C35H30ClN3O5S2. The van der Waals surface area contributed by atoms with E-state index in [-0.39, 0.29) is 64.0 Å². The minimum Gasteiger partial charge on any atom is -0.497 e. The molecule has 11 heteroatoms. The molecule has 2 bridgehead atoms. The van der Waals surface area contributed by atoms with Gasteiger partial charge in [-0.05, 0) is 85.2 Å². The van der Waals surface area contributed by atoms with Crippen molar-refractivity contribution in [2.45, 2.75) is 36.1 Å². The van der Waals surface area contributed by atoms with Gasteiger partial charge in [0.1, 0.15) is 12.3 Å². The number of nitrogens with one attached hydrogen (secondary N) is 1. The van der Waals surface area contributed by atoms with Crippen LogP contribution in [0.1, 0.15) is 28.3 Å². The summed E-state index contributed by atoms with van der Waals surface area (Å²) in [6, 6.07) is 22.3. The number of amides is 3. The van der Waals surface area contributed by atoms with Crippen LogP contribution in [0.2, 0.25) is 5.02 Å². The van der Waals surface area contributed by atoms with Gasteiger partial charge in [-0.3, -0.25) is 28.6 Å². The number of benzene rings is 3. The van der Waals surface area contributed by atoms with Crippen molar-refractivity contribution in [3.8, 4) is 5.75 Å². The maximum atomic E-state index is 14.0. The van der Waals surface area contributed by atoms with Crippen LogP contribution in [0, 0.1) is 36.5 Å². The van der Waals surface area contributed by atoms with Gasteiger partial charge in [0.15, 0.2) is 0 Å². The molecule has 3 heterocycles. The number of methoxy groups -OCH3 is 1. The first-order valence-electron chi connectivity index (χ1n) is 15.3. The van der Waals surface area contributed by atoms with E-state index >= 15 is 0 Å². The number of imide groups is 1. The van der Waals surface area contributed by atoms with Gasteiger partial charge in [-0.25, -0.2) is 0 Å². The van der Waals surface area contributed by atoms with E-state index in [1.54, 1.807) is 47.7 Å². The fourth-order valence-corrected chi connectivity index (χ4v) is 11.5. The number of anilines is 2. The van der Waals surface area contributed by atoms with E-state index in [0.29, 0.717) is 22.1 Å². The summed E-state index contributed by atoms with van der Waals surface area (Å²) in [6.07, 6.45) is 0.790. The quantitative estimate of drug-likeness (QED) is 0.245. The Labute approximate surface area is 278 Å². The molecule has 46 heavy (non-hydrogen) atoms. The third kappa shape index (κ3) is 4.56. The second kappa shape index (κ2) is 11.1. The van der Waals surface area contributed by atoms with Crippen molar-refractivity contribution in [2.24, 2.45) is 29.6 Å². The summed E-state index contributed by atoms with van der Waals surface area (Å²) in [5, 5.41) is 4.30. The topological polar surface area (TPSA) is 97.7 Å². The Bertz CT molecular complexity index is 1940. The van der Waals surface area contributed by atoms with Gasteiger partial charge in [0, 0.05) is 26.8 Å². The number of fused-ring (bicyclic) bond motifs is 9. The van der Waals surface area contributed by atoms with Gasteiger partial charge in [0.05, 0.1) is 29.7 Å². The van der Waals surface area contributed by atoms with E-state index in [2.05, 4.69) is 5.32 Å². The first-order chi connectivity index (χ1) is 22.2. The second-order valence-corrected chi connectivity index (χ2v) is 15.1. The Kier molecular flexibility index (Phi) is 7.15. The average Bonchev–Trinajstić information content (AvgIpc) is 3.77. The first kappa shape index (κ1) is 29.5. The molecule has 7 unspecified atom stereocenters. The minimum atomic E-state index is -0.392. The summed E-state index contributed by atoms with van der Waals surface area (Å²) >= 11 is 9.08. The molecule has 4 aromatic rings. The smallest absolute Gasteiger partial charge is 0.308 e. The lowest BCUT2D eigenvalue weighted by molar-refractivity contribution is -0.123. The third-order valence-corrected chi connectivity index (χ3v) is 13.2.